The summed E-state index contributed by atoms with van der Waals surface area (Å²) in [6, 6.07) is 20.0. The zero-order valence-electron chi connectivity index (χ0n) is 19.1. The molecule has 1 amide bonds. The lowest BCUT2D eigenvalue weighted by molar-refractivity contribution is -0.137. The van der Waals surface area contributed by atoms with E-state index >= 15 is 0 Å². The van der Waals surface area contributed by atoms with Gasteiger partial charge in [0.05, 0.1) is 11.3 Å². The van der Waals surface area contributed by atoms with Crippen LogP contribution in [0.25, 0.3) is 10.8 Å². The molecule has 0 fully saturated rings. The maximum Gasteiger partial charge on any atom is 0.303 e. The Morgan fingerprint density at radius 1 is 1.03 bits per heavy atom. The zero-order chi connectivity index (χ0) is 24.1. The van der Waals surface area contributed by atoms with Crippen molar-refractivity contribution >= 4 is 39.2 Å². The van der Waals surface area contributed by atoms with Gasteiger partial charge in [-0.3, -0.25) is 9.59 Å². The first-order valence-electron chi connectivity index (χ1n) is 11.4. The summed E-state index contributed by atoms with van der Waals surface area (Å²) in [5.74, 6) is -1.29. The number of carboxylic acids is 1. The van der Waals surface area contributed by atoms with Crippen molar-refractivity contribution in [2.24, 2.45) is 5.73 Å². The first-order chi connectivity index (χ1) is 16.4. The molecule has 6 heteroatoms. The Balaban J connectivity index is 1.61. The van der Waals surface area contributed by atoms with E-state index in [0.29, 0.717) is 18.5 Å². The molecule has 4 N–H and O–H groups in total. The molecule has 0 saturated carbocycles. The SMILES string of the molecule is CC(C(=O)Nc1cc(C(N)[SH]2C=CC=C2)ccc1CCCC(=O)O)c1cccc2ccccc12. The Labute approximate surface area is 202 Å². The highest BCUT2D eigenvalue weighted by atomic mass is 32.2. The maximum atomic E-state index is 13.4. The summed E-state index contributed by atoms with van der Waals surface area (Å²) in [5.41, 5.74) is 10.1. The lowest BCUT2D eigenvalue weighted by atomic mass is 9.94. The van der Waals surface area contributed by atoms with Gasteiger partial charge in [0, 0.05) is 12.1 Å². The molecule has 0 radical (unpaired) electrons. The quantitative estimate of drug-likeness (QED) is 0.287. The summed E-state index contributed by atoms with van der Waals surface area (Å²) >= 11 is 0. The molecular formula is C28H30N2O3S. The highest BCUT2D eigenvalue weighted by molar-refractivity contribution is 8.22. The van der Waals surface area contributed by atoms with Gasteiger partial charge in [-0.2, -0.15) is 10.9 Å². The normalized spacial score (nSPS) is 15.4. The highest BCUT2D eigenvalue weighted by Gasteiger charge is 2.20. The number of carbonyl (C=O) groups is 2. The Bertz CT molecular complexity index is 1250. The van der Waals surface area contributed by atoms with Gasteiger partial charge in [0.1, 0.15) is 0 Å². The standard InChI is InChI=1S/C28H30N2O3S/c1-19(23-12-6-9-20-8-2-3-11-24(20)23)28(33)30-25-18-22(27(29)34-16-4-5-17-34)15-14-21(25)10-7-13-26(31)32/h2-6,8-9,11-12,14-19,27,34H,7,10,13,29H2,1H3,(H,30,33)(H,31,32). The lowest BCUT2D eigenvalue weighted by Gasteiger charge is -2.23. The van der Waals surface area contributed by atoms with Gasteiger partial charge in [0.2, 0.25) is 5.91 Å². The molecule has 2 atom stereocenters. The predicted molar refractivity (Wildman–Crippen MR) is 142 cm³/mol. The van der Waals surface area contributed by atoms with Gasteiger partial charge < -0.3 is 16.2 Å². The van der Waals surface area contributed by atoms with Gasteiger partial charge in [0.25, 0.3) is 0 Å². The van der Waals surface area contributed by atoms with Crippen LogP contribution in [0.1, 0.15) is 47.7 Å². The molecule has 2 unspecified atom stereocenters. The lowest BCUT2D eigenvalue weighted by Crippen LogP contribution is -2.20. The Kier molecular flexibility index (Phi) is 7.50. The van der Waals surface area contributed by atoms with Crippen LogP contribution in [0.2, 0.25) is 0 Å². The molecule has 0 bridgehead atoms. The molecule has 0 aliphatic carbocycles. The molecule has 4 rings (SSSR count). The smallest absolute Gasteiger partial charge is 0.303 e. The van der Waals surface area contributed by atoms with Gasteiger partial charge in [-0.15, -0.1) is 0 Å². The number of hydrogen-bond acceptors (Lipinski definition) is 3. The molecule has 1 heterocycles. The van der Waals surface area contributed by atoms with Crippen LogP contribution in [0.4, 0.5) is 5.69 Å². The molecule has 34 heavy (non-hydrogen) atoms. The van der Waals surface area contributed by atoms with Gasteiger partial charge in [-0.1, -0.05) is 66.7 Å². The minimum atomic E-state index is -0.823. The summed E-state index contributed by atoms with van der Waals surface area (Å²) in [7, 11) is -0.587. The fraction of sp³-hybridized carbons (Fsp3) is 0.214. The number of carboxylic acid groups (broad SMARTS) is 1. The molecule has 3 aromatic carbocycles. The van der Waals surface area contributed by atoms with Crippen LogP contribution in [0.3, 0.4) is 0 Å². The van der Waals surface area contributed by atoms with Gasteiger partial charge in [-0.25, -0.2) is 0 Å². The number of rotatable bonds is 9. The van der Waals surface area contributed by atoms with Crippen LogP contribution in [0.15, 0.2) is 83.6 Å². The average molecular weight is 475 g/mol. The number of thiol groups is 1. The minimum absolute atomic E-state index is 0.0853. The third kappa shape index (κ3) is 5.41. The fourth-order valence-corrected chi connectivity index (χ4v) is 5.83. The number of fused-ring (bicyclic) bond motifs is 1. The molecule has 1 aliphatic heterocycles. The minimum Gasteiger partial charge on any atom is -0.481 e. The van der Waals surface area contributed by atoms with Gasteiger partial charge in [-0.05, 0) is 64.1 Å². The number of anilines is 1. The van der Waals surface area contributed by atoms with Gasteiger partial charge in [0.15, 0.2) is 0 Å². The van der Waals surface area contributed by atoms with E-state index in [1.54, 1.807) is 0 Å². The molecule has 3 aromatic rings. The Hall–Kier alpha value is -3.35. The van der Waals surface area contributed by atoms with Crippen LogP contribution >= 0.6 is 10.9 Å². The largest absolute Gasteiger partial charge is 0.481 e. The van der Waals surface area contributed by atoms with E-state index in [-0.39, 0.29) is 23.6 Å². The van der Waals surface area contributed by atoms with Gasteiger partial charge >= 0.3 is 5.97 Å². The van der Waals surface area contributed by atoms with E-state index in [4.69, 9.17) is 10.8 Å². The summed E-state index contributed by atoms with van der Waals surface area (Å²) in [6.45, 7) is 1.91. The second-order valence-corrected chi connectivity index (χ2v) is 10.6. The first kappa shape index (κ1) is 23.8. The number of aryl methyl sites for hydroxylation is 1. The van der Waals surface area contributed by atoms with Crippen LogP contribution in [-0.2, 0) is 16.0 Å². The molecule has 176 valence electrons. The van der Waals surface area contributed by atoms with Crippen LogP contribution in [-0.4, -0.2) is 17.0 Å². The molecule has 0 spiro atoms. The summed E-state index contributed by atoms with van der Waals surface area (Å²) in [5, 5.41) is 18.4. The fourth-order valence-electron chi connectivity index (χ4n) is 4.26. The van der Waals surface area contributed by atoms with Crippen molar-refractivity contribution in [3.8, 4) is 0 Å². The number of nitrogens with one attached hydrogen (secondary N) is 1. The Morgan fingerprint density at radius 2 is 1.76 bits per heavy atom. The van der Waals surface area contributed by atoms with E-state index in [1.165, 1.54) is 0 Å². The number of allylic oxidation sites excluding steroid dienone is 2. The van der Waals surface area contributed by atoms with Crippen molar-refractivity contribution in [3.63, 3.8) is 0 Å². The van der Waals surface area contributed by atoms with Crippen LogP contribution in [0.5, 0.6) is 0 Å². The summed E-state index contributed by atoms with van der Waals surface area (Å²) in [6.07, 6.45) is 5.18. The molecular weight excluding hydrogens is 444 g/mol. The molecule has 0 aromatic heterocycles. The average Bonchev–Trinajstić information content (AvgIpc) is 3.38. The number of carbonyl (C=O) groups excluding carboxylic acids is 1. The summed E-state index contributed by atoms with van der Waals surface area (Å²) < 4.78 is 0. The van der Waals surface area contributed by atoms with Crippen molar-refractivity contribution in [3.05, 3.63) is 100 Å². The third-order valence-electron chi connectivity index (χ3n) is 6.20. The number of nitrogens with two attached hydrogens (primary N) is 1. The van der Waals surface area contributed by atoms with Crippen molar-refractivity contribution in [2.45, 2.75) is 37.5 Å². The maximum absolute atomic E-state index is 13.4. The number of benzene rings is 3. The van der Waals surface area contributed by atoms with E-state index in [1.807, 2.05) is 79.7 Å². The predicted octanol–water partition coefficient (Wildman–Crippen LogP) is 5.99. The van der Waals surface area contributed by atoms with E-state index < -0.39 is 16.9 Å². The number of hydrogen-bond donors (Lipinski definition) is 4. The second-order valence-electron chi connectivity index (χ2n) is 8.52. The van der Waals surface area contributed by atoms with E-state index in [2.05, 4.69) is 16.1 Å². The second kappa shape index (κ2) is 10.7. The summed E-state index contributed by atoms with van der Waals surface area (Å²) in [4.78, 5) is 24.4. The molecule has 0 saturated heterocycles. The van der Waals surface area contributed by atoms with E-state index in [0.717, 1.165) is 27.5 Å². The van der Waals surface area contributed by atoms with Crippen molar-refractivity contribution in [2.75, 3.05) is 5.32 Å². The monoisotopic (exact) mass is 474 g/mol. The number of amides is 1. The van der Waals surface area contributed by atoms with Crippen LogP contribution < -0.4 is 11.1 Å². The topological polar surface area (TPSA) is 92.4 Å². The van der Waals surface area contributed by atoms with E-state index in [9.17, 15) is 9.59 Å². The molecule has 5 nitrogen and oxygen atoms in total. The number of aliphatic carboxylic acids is 1. The molecule has 1 aliphatic rings. The van der Waals surface area contributed by atoms with Crippen molar-refractivity contribution in [1.82, 2.24) is 0 Å². The van der Waals surface area contributed by atoms with Crippen molar-refractivity contribution in [1.29, 1.82) is 0 Å². The zero-order valence-corrected chi connectivity index (χ0v) is 20.0. The third-order valence-corrected chi connectivity index (χ3v) is 8.18. The van der Waals surface area contributed by atoms with Crippen LogP contribution in [0, 0.1) is 0 Å². The van der Waals surface area contributed by atoms with Crippen molar-refractivity contribution < 1.29 is 14.7 Å². The Morgan fingerprint density at radius 3 is 2.53 bits per heavy atom. The first-order valence-corrected chi connectivity index (χ1v) is 13.0. The highest BCUT2D eigenvalue weighted by Crippen LogP contribution is 2.45.